The molecule has 4 nitrogen and oxygen atoms in total. The molecule has 0 aromatic rings. The molecule has 96 valence electrons. The summed E-state index contributed by atoms with van der Waals surface area (Å²) in [5.74, 6) is 0.350. The van der Waals surface area contributed by atoms with Crippen LogP contribution in [0.3, 0.4) is 0 Å². The van der Waals surface area contributed by atoms with Crippen LogP contribution >= 0.6 is 0 Å². The van der Waals surface area contributed by atoms with Crippen LogP contribution in [-0.2, 0) is 0 Å². The number of aliphatic hydroxyl groups is 1. The highest BCUT2D eigenvalue weighted by atomic mass is 16.3. The summed E-state index contributed by atoms with van der Waals surface area (Å²) >= 11 is 0. The molecule has 3 unspecified atom stereocenters. The summed E-state index contributed by atoms with van der Waals surface area (Å²) in [6, 6.07) is 0.298. The molecule has 2 fully saturated rings. The molecule has 0 amide bonds. The first-order valence-corrected chi connectivity index (χ1v) is 6.44. The first kappa shape index (κ1) is 12.6. The van der Waals surface area contributed by atoms with Crippen molar-refractivity contribution in [2.75, 3.05) is 26.2 Å². The zero-order valence-corrected chi connectivity index (χ0v) is 10.3. The van der Waals surface area contributed by atoms with Gasteiger partial charge in [-0.1, -0.05) is 12.7 Å². The standard InChI is InChI=1S/C13H23N3O/c1-10-11(2-3-13(10)17)12(4-5-14)16-8-6-15-7-9-16/h4-5,11-13,15,17H,1-3,6-9,14H2/b5-4-. The predicted octanol–water partition coefficient (Wildman–Crippen LogP) is 0.0597. The normalized spacial score (nSPS) is 33.4. The van der Waals surface area contributed by atoms with Gasteiger partial charge in [-0.15, -0.1) is 0 Å². The van der Waals surface area contributed by atoms with E-state index in [9.17, 15) is 5.11 Å². The minimum absolute atomic E-state index is 0.298. The molecule has 17 heavy (non-hydrogen) atoms. The minimum Gasteiger partial charge on any atom is -0.405 e. The van der Waals surface area contributed by atoms with Gasteiger partial charge < -0.3 is 16.2 Å². The SMILES string of the molecule is C=C1C(O)CCC1C(/C=C\N)N1CCNCC1. The predicted molar refractivity (Wildman–Crippen MR) is 69.4 cm³/mol. The van der Waals surface area contributed by atoms with Crippen LogP contribution < -0.4 is 11.1 Å². The topological polar surface area (TPSA) is 61.5 Å². The maximum absolute atomic E-state index is 9.80. The van der Waals surface area contributed by atoms with Gasteiger partial charge in [0.25, 0.3) is 0 Å². The van der Waals surface area contributed by atoms with Gasteiger partial charge in [-0.2, -0.15) is 0 Å². The number of rotatable bonds is 3. The fraction of sp³-hybridized carbons (Fsp3) is 0.692. The van der Waals surface area contributed by atoms with E-state index < -0.39 is 0 Å². The van der Waals surface area contributed by atoms with Crippen LogP contribution in [0, 0.1) is 5.92 Å². The minimum atomic E-state index is -0.323. The Hall–Kier alpha value is -0.840. The Morgan fingerprint density at radius 3 is 2.65 bits per heavy atom. The van der Waals surface area contributed by atoms with Crippen molar-refractivity contribution < 1.29 is 5.11 Å². The van der Waals surface area contributed by atoms with Gasteiger partial charge in [0.1, 0.15) is 0 Å². The molecule has 1 heterocycles. The van der Waals surface area contributed by atoms with Crippen molar-refractivity contribution in [2.45, 2.75) is 25.0 Å². The molecule has 0 bridgehead atoms. The van der Waals surface area contributed by atoms with Crippen LogP contribution in [0.15, 0.2) is 24.4 Å². The van der Waals surface area contributed by atoms with Gasteiger partial charge in [0.2, 0.25) is 0 Å². The van der Waals surface area contributed by atoms with Crippen LogP contribution in [0.2, 0.25) is 0 Å². The summed E-state index contributed by atoms with van der Waals surface area (Å²) in [6.45, 7) is 8.17. The van der Waals surface area contributed by atoms with Gasteiger partial charge in [0, 0.05) is 38.1 Å². The average Bonchev–Trinajstić information content (AvgIpc) is 2.69. The molecule has 0 radical (unpaired) electrons. The van der Waals surface area contributed by atoms with E-state index in [1.165, 1.54) is 0 Å². The van der Waals surface area contributed by atoms with Crippen molar-refractivity contribution in [2.24, 2.45) is 11.7 Å². The molecule has 4 heteroatoms. The first-order chi connectivity index (χ1) is 8.24. The number of nitrogens with one attached hydrogen (secondary N) is 1. The quantitative estimate of drug-likeness (QED) is 0.608. The van der Waals surface area contributed by atoms with E-state index in [-0.39, 0.29) is 6.10 Å². The van der Waals surface area contributed by atoms with Crippen molar-refractivity contribution in [3.8, 4) is 0 Å². The monoisotopic (exact) mass is 237 g/mol. The van der Waals surface area contributed by atoms with E-state index in [4.69, 9.17) is 5.73 Å². The lowest BCUT2D eigenvalue weighted by atomic mass is 9.92. The van der Waals surface area contributed by atoms with E-state index in [1.54, 1.807) is 6.20 Å². The zero-order valence-electron chi connectivity index (χ0n) is 10.3. The molecule has 4 N–H and O–H groups in total. The number of nitrogens with two attached hydrogens (primary N) is 1. The second-order valence-corrected chi connectivity index (χ2v) is 4.94. The second-order valence-electron chi connectivity index (χ2n) is 4.94. The molecule has 3 atom stereocenters. The Labute approximate surface area is 103 Å². The van der Waals surface area contributed by atoms with Crippen molar-refractivity contribution in [1.29, 1.82) is 0 Å². The molecule has 1 aliphatic carbocycles. The molecule has 1 saturated carbocycles. The van der Waals surface area contributed by atoms with Gasteiger partial charge in [-0.05, 0) is 24.6 Å². The summed E-state index contributed by atoms with van der Waals surface area (Å²) in [5.41, 5.74) is 6.55. The third kappa shape index (κ3) is 2.70. The Kier molecular flexibility index (Phi) is 4.20. The molecular formula is C13H23N3O. The number of nitrogens with zero attached hydrogens (tertiary/aromatic N) is 1. The molecule has 1 saturated heterocycles. The fourth-order valence-corrected chi connectivity index (χ4v) is 2.95. The van der Waals surface area contributed by atoms with Crippen LogP contribution in [0.4, 0.5) is 0 Å². The highest BCUT2D eigenvalue weighted by Crippen LogP contribution is 2.35. The maximum atomic E-state index is 9.80. The molecule has 1 aliphatic heterocycles. The third-order valence-electron chi connectivity index (χ3n) is 3.95. The average molecular weight is 237 g/mol. The van der Waals surface area contributed by atoms with Gasteiger partial charge >= 0.3 is 0 Å². The number of aliphatic hydroxyl groups excluding tert-OH is 1. The van der Waals surface area contributed by atoms with Crippen molar-refractivity contribution in [1.82, 2.24) is 10.2 Å². The van der Waals surface area contributed by atoms with Crippen LogP contribution in [0.5, 0.6) is 0 Å². The fourth-order valence-electron chi connectivity index (χ4n) is 2.95. The van der Waals surface area contributed by atoms with Crippen molar-refractivity contribution >= 4 is 0 Å². The summed E-state index contributed by atoms with van der Waals surface area (Å²) in [4.78, 5) is 2.44. The Morgan fingerprint density at radius 2 is 2.12 bits per heavy atom. The first-order valence-electron chi connectivity index (χ1n) is 6.44. The van der Waals surface area contributed by atoms with Gasteiger partial charge in [0.05, 0.1) is 6.10 Å². The number of hydrogen-bond acceptors (Lipinski definition) is 4. The van der Waals surface area contributed by atoms with Gasteiger partial charge in [0.15, 0.2) is 0 Å². The smallest absolute Gasteiger partial charge is 0.0751 e. The van der Waals surface area contributed by atoms with Crippen LogP contribution in [-0.4, -0.2) is 48.3 Å². The Balaban J connectivity index is 2.08. The lowest BCUT2D eigenvalue weighted by Gasteiger charge is -2.37. The largest absolute Gasteiger partial charge is 0.405 e. The van der Waals surface area contributed by atoms with E-state index in [0.717, 1.165) is 44.6 Å². The summed E-state index contributed by atoms with van der Waals surface area (Å²) in [7, 11) is 0. The molecule has 0 aromatic carbocycles. The highest BCUT2D eigenvalue weighted by molar-refractivity contribution is 5.19. The van der Waals surface area contributed by atoms with Crippen LogP contribution in [0.1, 0.15) is 12.8 Å². The van der Waals surface area contributed by atoms with Gasteiger partial charge in [-0.3, -0.25) is 4.90 Å². The van der Waals surface area contributed by atoms with Crippen molar-refractivity contribution in [3.63, 3.8) is 0 Å². The van der Waals surface area contributed by atoms with Crippen molar-refractivity contribution in [3.05, 3.63) is 24.4 Å². The summed E-state index contributed by atoms with van der Waals surface area (Å²) in [6.07, 6.45) is 5.21. The van der Waals surface area contributed by atoms with E-state index in [1.807, 2.05) is 0 Å². The Bertz CT molecular complexity index is 297. The molecular weight excluding hydrogens is 214 g/mol. The highest BCUT2D eigenvalue weighted by Gasteiger charge is 2.35. The van der Waals surface area contributed by atoms with E-state index in [2.05, 4.69) is 22.9 Å². The third-order valence-corrected chi connectivity index (χ3v) is 3.95. The lowest BCUT2D eigenvalue weighted by molar-refractivity contribution is 0.167. The molecule has 0 aromatic heterocycles. The summed E-state index contributed by atoms with van der Waals surface area (Å²) < 4.78 is 0. The second kappa shape index (κ2) is 5.67. The van der Waals surface area contributed by atoms with E-state index >= 15 is 0 Å². The molecule has 2 aliphatic rings. The zero-order chi connectivity index (χ0) is 12.3. The Morgan fingerprint density at radius 1 is 1.41 bits per heavy atom. The number of piperazine rings is 1. The van der Waals surface area contributed by atoms with Crippen LogP contribution in [0.25, 0.3) is 0 Å². The molecule has 2 rings (SSSR count). The summed E-state index contributed by atoms with van der Waals surface area (Å²) in [5, 5.41) is 13.2. The van der Waals surface area contributed by atoms with E-state index in [0.29, 0.717) is 12.0 Å². The maximum Gasteiger partial charge on any atom is 0.0751 e. The van der Waals surface area contributed by atoms with Gasteiger partial charge in [-0.25, -0.2) is 0 Å². The number of hydrogen-bond donors (Lipinski definition) is 3. The molecule has 0 spiro atoms. The lowest BCUT2D eigenvalue weighted by Crippen LogP contribution is -2.50.